The number of anilines is 2. The van der Waals surface area contributed by atoms with Crippen LogP contribution >= 0.6 is 0 Å². The van der Waals surface area contributed by atoms with Crippen molar-refractivity contribution in [3.8, 4) is 0 Å². The molecule has 1 atom stereocenters. The molecule has 0 radical (unpaired) electrons. The van der Waals surface area contributed by atoms with Crippen molar-refractivity contribution in [1.82, 2.24) is 9.97 Å². The van der Waals surface area contributed by atoms with E-state index in [0.29, 0.717) is 12.8 Å². The van der Waals surface area contributed by atoms with Crippen molar-refractivity contribution < 1.29 is 9.90 Å². The van der Waals surface area contributed by atoms with Gasteiger partial charge in [0.2, 0.25) is 0 Å². The molecule has 3 heterocycles. The van der Waals surface area contributed by atoms with E-state index in [-0.39, 0.29) is 6.54 Å². The van der Waals surface area contributed by atoms with E-state index in [4.69, 9.17) is 5.73 Å². The van der Waals surface area contributed by atoms with Gasteiger partial charge in [0.25, 0.3) is 5.91 Å². The summed E-state index contributed by atoms with van der Waals surface area (Å²) in [6.45, 7) is 2.98. The summed E-state index contributed by atoms with van der Waals surface area (Å²) in [7, 11) is 0. The van der Waals surface area contributed by atoms with Crippen molar-refractivity contribution in [3.05, 3.63) is 12.4 Å². The monoisotopic (exact) mass is 291 g/mol. The number of piperidine rings is 1. The number of nitrogens with zero attached hydrogens (tertiary/aromatic N) is 4. The molecule has 0 saturated carbocycles. The van der Waals surface area contributed by atoms with Crippen LogP contribution in [0.1, 0.15) is 25.7 Å². The number of rotatable bonds is 3. The quantitative estimate of drug-likeness (QED) is 0.807. The van der Waals surface area contributed by atoms with E-state index in [9.17, 15) is 9.90 Å². The lowest BCUT2D eigenvalue weighted by molar-refractivity contribution is -0.137. The number of aromatic nitrogens is 2. The largest absolute Gasteiger partial charge is 0.378 e. The third-order valence-corrected chi connectivity index (χ3v) is 4.32. The van der Waals surface area contributed by atoms with Crippen molar-refractivity contribution in [2.24, 2.45) is 5.73 Å². The molecule has 2 fully saturated rings. The lowest BCUT2D eigenvalue weighted by Gasteiger charge is -2.37. The van der Waals surface area contributed by atoms with Crippen LogP contribution in [0.3, 0.4) is 0 Å². The van der Waals surface area contributed by atoms with Gasteiger partial charge < -0.3 is 20.6 Å². The van der Waals surface area contributed by atoms with E-state index < -0.39 is 11.5 Å². The number of β-amino-alcohol motifs (C(OH)–C–C–N with tert-alkyl or cyclic N) is 1. The number of primary amides is 1. The average Bonchev–Trinajstić information content (AvgIpc) is 3.02. The average molecular weight is 291 g/mol. The molecule has 0 unspecified atom stereocenters. The minimum atomic E-state index is -1.46. The smallest absolute Gasteiger partial charge is 0.251 e. The fourth-order valence-corrected chi connectivity index (χ4v) is 3.06. The van der Waals surface area contributed by atoms with E-state index in [1.54, 1.807) is 6.33 Å². The summed E-state index contributed by atoms with van der Waals surface area (Å²) in [5, 5.41) is 10.3. The molecule has 0 bridgehead atoms. The van der Waals surface area contributed by atoms with Gasteiger partial charge in [0.15, 0.2) is 5.60 Å². The summed E-state index contributed by atoms with van der Waals surface area (Å²) in [6, 6.07) is 1.93. The maximum Gasteiger partial charge on any atom is 0.251 e. The lowest BCUT2D eigenvalue weighted by Crippen LogP contribution is -2.56. The highest BCUT2D eigenvalue weighted by Gasteiger charge is 2.39. The number of carbonyl (C=O) groups excluding carboxylic acids is 1. The number of hydrogen-bond acceptors (Lipinski definition) is 6. The van der Waals surface area contributed by atoms with Gasteiger partial charge in [0.05, 0.1) is 6.54 Å². The molecule has 1 aromatic rings. The topological polar surface area (TPSA) is 95.6 Å². The van der Waals surface area contributed by atoms with Crippen molar-refractivity contribution in [2.45, 2.75) is 31.3 Å². The van der Waals surface area contributed by atoms with E-state index in [0.717, 1.165) is 31.3 Å². The Labute approximate surface area is 123 Å². The summed E-state index contributed by atoms with van der Waals surface area (Å²) in [4.78, 5) is 24.2. The SMILES string of the molecule is NC(=O)[C@@]1(O)CCCN(c2cc(N3CCCC3)ncn2)C1. The molecule has 114 valence electrons. The van der Waals surface area contributed by atoms with Crippen molar-refractivity contribution in [1.29, 1.82) is 0 Å². The zero-order valence-corrected chi connectivity index (χ0v) is 12.0. The maximum absolute atomic E-state index is 11.4. The number of carbonyl (C=O) groups is 1. The van der Waals surface area contributed by atoms with Gasteiger partial charge in [-0.25, -0.2) is 9.97 Å². The fourth-order valence-electron chi connectivity index (χ4n) is 3.06. The van der Waals surface area contributed by atoms with Crippen LogP contribution in [-0.2, 0) is 4.79 Å². The lowest BCUT2D eigenvalue weighted by atomic mass is 9.92. The highest BCUT2D eigenvalue weighted by Crippen LogP contribution is 2.27. The van der Waals surface area contributed by atoms with Crippen LogP contribution in [0.2, 0.25) is 0 Å². The number of amides is 1. The number of hydrogen-bond donors (Lipinski definition) is 2. The molecule has 7 heteroatoms. The van der Waals surface area contributed by atoms with Crippen LogP contribution in [0.25, 0.3) is 0 Å². The van der Waals surface area contributed by atoms with Gasteiger partial charge in [0, 0.05) is 25.7 Å². The molecule has 7 nitrogen and oxygen atoms in total. The summed E-state index contributed by atoms with van der Waals surface area (Å²) >= 11 is 0. The first-order valence-electron chi connectivity index (χ1n) is 7.43. The minimum Gasteiger partial charge on any atom is -0.378 e. The van der Waals surface area contributed by atoms with Gasteiger partial charge in [-0.15, -0.1) is 0 Å². The first-order chi connectivity index (χ1) is 10.1. The van der Waals surface area contributed by atoms with Gasteiger partial charge in [-0.1, -0.05) is 0 Å². The normalized spacial score (nSPS) is 26.1. The Kier molecular flexibility index (Phi) is 3.67. The first kappa shape index (κ1) is 14.1. The molecule has 0 spiro atoms. The fraction of sp³-hybridized carbons (Fsp3) is 0.643. The van der Waals surface area contributed by atoms with Crippen molar-refractivity contribution in [3.63, 3.8) is 0 Å². The molecule has 1 aromatic heterocycles. The Hall–Kier alpha value is -1.89. The molecule has 3 N–H and O–H groups in total. The van der Waals surface area contributed by atoms with Crippen molar-refractivity contribution in [2.75, 3.05) is 36.0 Å². The predicted octanol–water partition coefficient (Wildman–Crippen LogP) is -0.107. The van der Waals surface area contributed by atoms with Gasteiger partial charge in [-0.05, 0) is 25.7 Å². The second-order valence-corrected chi connectivity index (χ2v) is 5.85. The molecule has 2 aliphatic rings. The summed E-state index contributed by atoms with van der Waals surface area (Å²) < 4.78 is 0. The Morgan fingerprint density at radius 3 is 2.43 bits per heavy atom. The molecular weight excluding hydrogens is 270 g/mol. The zero-order valence-electron chi connectivity index (χ0n) is 12.0. The number of nitrogens with two attached hydrogens (primary N) is 1. The third-order valence-electron chi connectivity index (χ3n) is 4.32. The summed E-state index contributed by atoms with van der Waals surface area (Å²) in [6.07, 6.45) is 5.03. The summed E-state index contributed by atoms with van der Waals surface area (Å²) in [5.41, 5.74) is 3.85. The molecule has 3 rings (SSSR count). The molecule has 21 heavy (non-hydrogen) atoms. The van der Waals surface area contributed by atoms with Crippen LogP contribution in [0.15, 0.2) is 12.4 Å². The van der Waals surface area contributed by atoms with Gasteiger partial charge in [0.1, 0.15) is 18.0 Å². The molecule has 2 aliphatic heterocycles. The molecule has 0 aliphatic carbocycles. The summed E-state index contributed by atoms with van der Waals surface area (Å²) in [5.74, 6) is 0.984. The Bertz CT molecular complexity index is 532. The Balaban J connectivity index is 1.80. The first-order valence-corrected chi connectivity index (χ1v) is 7.43. The number of aliphatic hydroxyl groups is 1. The zero-order chi connectivity index (χ0) is 14.9. The third kappa shape index (κ3) is 2.78. The van der Waals surface area contributed by atoms with Crippen LogP contribution in [0.4, 0.5) is 11.6 Å². The highest BCUT2D eigenvalue weighted by atomic mass is 16.3. The predicted molar refractivity (Wildman–Crippen MR) is 79.1 cm³/mol. The highest BCUT2D eigenvalue weighted by molar-refractivity contribution is 5.84. The van der Waals surface area contributed by atoms with Crippen LogP contribution in [0.5, 0.6) is 0 Å². The van der Waals surface area contributed by atoms with Crippen LogP contribution in [-0.4, -0.2) is 52.8 Å². The molecule has 1 amide bonds. The Morgan fingerprint density at radius 1 is 1.14 bits per heavy atom. The molecule has 0 aromatic carbocycles. The van der Waals surface area contributed by atoms with E-state index >= 15 is 0 Å². The van der Waals surface area contributed by atoms with Gasteiger partial charge in [-0.2, -0.15) is 0 Å². The minimum absolute atomic E-state index is 0.193. The standard InChI is InChI=1S/C14H21N5O2/c15-13(20)14(21)4-3-7-19(9-14)12-8-11(16-10-17-12)18-5-1-2-6-18/h8,10,21H,1-7,9H2,(H2,15,20)/t14-/m1/s1. The van der Waals surface area contributed by atoms with Crippen LogP contribution in [0, 0.1) is 0 Å². The van der Waals surface area contributed by atoms with Crippen molar-refractivity contribution >= 4 is 17.5 Å². The second kappa shape index (κ2) is 5.48. The van der Waals surface area contributed by atoms with E-state index in [1.807, 2.05) is 11.0 Å². The second-order valence-electron chi connectivity index (χ2n) is 5.85. The van der Waals surface area contributed by atoms with Gasteiger partial charge >= 0.3 is 0 Å². The molecular formula is C14H21N5O2. The molecule has 2 saturated heterocycles. The van der Waals surface area contributed by atoms with Gasteiger partial charge in [-0.3, -0.25) is 4.79 Å². The van der Waals surface area contributed by atoms with E-state index in [2.05, 4.69) is 14.9 Å². The van der Waals surface area contributed by atoms with Crippen LogP contribution < -0.4 is 15.5 Å². The van der Waals surface area contributed by atoms with E-state index in [1.165, 1.54) is 12.8 Å². The maximum atomic E-state index is 11.4. The Morgan fingerprint density at radius 2 is 1.76 bits per heavy atom.